The number of hydrogen-bond donors (Lipinski definition) is 2. The van der Waals surface area contributed by atoms with Crippen molar-refractivity contribution in [3.8, 4) is 0 Å². The second-order valence-corrected chi connectivity index (χ2v) is 5.16. The van der Waals surface area contributed by atoms with Crippen LogP contribution in [0, 0.1) is 0 Å². The number of amides is 1. The Bertz CT molecular complexity index is 824. The van der Waals surface area contributed by atoms with Crippen LogP contribution < -0.4 is 10.6 Å². The summed E-state index contributed by atoms with van der Waals surface area (Å²) in [5.74, 6) is 0.0284. The van der Waals surface area contributed by atoms with Crippen LogP contribution in [0.4, 0.5) is 17.3 Å². The molecule has 6 heteroatoms. The van der Waals surface area contributed by atoms with E-state index in [1.165, 1.54) is 6.20 Å². The number of hydrogen-bond acceptors (Lipinski definition) is 4. The summed E-state index contributed by atoms with van der Waals surface area (Å²) in [5, 5.41) is 6.40. The molecule has 0 fully saturated rings. The highest BCUT2D eigenvalue weighted by Gasteiger charge is 2.09. The lowest BCUT2D eigenvalue weighted by Crippen LogP contribution is -2.14. The molecule has 0 atom stereocenters. The van der Waals surface area contributed by atoms with Gasteiger partial charge < -0.3 is 10.6 Å². The van der Waals surface area contributed by atoms with Gasteiger partial charge in [-0.3, -0.25) is 4.79 Å². The number of benzene rings is 2. The molecule has 0 saturated heterocycles. The van der Waals surface area contributed by atoms with Gasteiger partial charge in [-0.25, -0.2) is 9.97 Å². The van der Waals surface area contributed by atoms with Crippen molar-refractivity contribution in [2.45, 2.75) is 0 Å². The third kappa shape index (κ3) is 4.05. The zero-order chi connectivity index (χ0) is 16.1. The second kappa shape index (κ2) is 6.89. The first-order chi connectivity index (χ1) is 11.2. The molecule has 114 valence electrons. The summed E-state index contributed by atoms with van der Waals surface area (Å²) < 4.78 is 0. The van der Waals surface area contributed by atoms with Gasteiger partial charge in [-0.1, -0.05) is 35.9 Å². The fraction of sp³-hybridized carbons (Fsp3) is 0. The molecule has 1 aromatic heterocycles. The number of nitrogens with zero attached hydrogens (tertiary/aromatic N) is 2. The largest absolute Gasteiger partial charge is 0.324 e. The minimum absolute atomic E-state index is 0.272. The lowest BCUT2D eigenvalue weighted by molar-refractivity contribution is 0.102. The van der Waals surface area contributed by atoms with E-state index in [1.54, 1.807) is 18.2 Å². The van der Waals surface area contributed by atoms with Crippen molar-refractivity contribution in [2.24, 2.45) is 0 Å². The lowest BCUT2D eigenvalue weighted by atomic mass is 10.3. The van der Waals surface area contributed by atoms with E-state index in [9.17, 15) is 4.79 Å². The molecule has 3 aromatic rings. The Hall–Kier alpha value is -2.92. The zero-order valence-electron chi connectivity index (χ0n) is 12.0. The van der Waals surface area contributed by atoms with Gasteiger partial charge in [-0.05, 0) is 36.4 Å². The number of carbonyl (C=O) groups is 1. The molecule has 23 heavy (non-hydrogen) atoms. The van der Waals surface area contributed by atoms with Crippen molar-refractivity contribution in [2.75, 3.05) is 10.6 Å². The lowest BCUT2D eigenvalue weighted by Gasteiger charge is -2.07. The Labute approximate surface area is 138 Å². The summed E-state index contributed by atoms with van der Waals surface area (Å²) in [5.41, 5.74) is 1.73. The van der Waals surface area contributed by atoms with Crippen molar-refractivity contribution in [3.05, 3.63) is 77.6 Å². The van der Waals surface area contributed by atoms with Gasteiger partial charge in [0.05, 0.1) is 0 Å². The van der Waals surface area contributed by atoms with Crippen LogP contribution in [-0.2, 0) is 0 Å². The average Bonchev–Trinajstić information content (AvgIpc) is 2.56. The number of anilines is 3. The zero-order valence-corrected chi connectivity index (χ0v) is 12.8. The average molecular weight is 325 g/mol. The first kappa shape index (κ1) is 15.0. The molecule has 0 saturated carbocycles. The molecular formula is C17H13ClN4O. The number of halogens is 1. The normalized spacial score (nSPS) is 10.1. The van der Waals surface area contributed by atoms with Crippen LogP contribution in [0.15, 0.2) is 66.9 Å². The van der Waals surface area contributed by atoms with Crippen molar-refractivity contribution in [3.63, 3.8) is 0 Å². The molecule has 0 unspecified atom stereocenters. The van der Waals surface area contributed by atoms with Crippen LogP contribution in [-0.4, -0.2) is 15.9 Å². The van der Waals surface area contributed by atoms with E-state index in [-0.39, 0.29) is 11.6 Å². The molecule has 1 amide bonds. The maximum atomic E-state index is 12.2. The maximum Gasteiger partial charge on any atom is 0.274 e. The molecule has 0 aliphatic heterocycles. The number of aromatic nitrogens is 2. The van der Waals surface area contributed by atoms with Gasteiger partial charge in [0.2, 0.25) is 5.95 Å². The van der Waals surface area contributed by atoms with E-state index < -0.39 is 0 Å². The molecule has 0 aliphatic rings. The Morgan fingerprint density at radius 2 is 1.74 bits per heavy atom. The van der Waals surface area contributed by atoms with E-state index in [4.69, 9.17) is 11.6 Å². The van der Waals surface area contributed by atoms with Crippen molar-refractivity contribution in [1.29, 1.82) is 0 Å². The standard InChI is InChI=1S/C17H13ClN4O/c18-12-5-4-8-14(11-12)21-17-19-10-9-15(22-17)16(23)20-13-6-2-1-3-7-13/h1-11H,(H,20,23)(H,19,21,22). The Morgan fingerprint density at radius 3 is 2.52 bits per heavy atom. The summed E-state index contributed by atoms with van der Waals surface area (Å²) in [4.78, 5) is 20.5. The van der Waals surface area contributed by atoms with Crippen LogP contribution in [0.1, 0.15) is 10.5 Å². The van der Waals surface area contributed by atoms with Gasteiger partial charge in [0.15, 0.2) is 0 Å². The summed E-state index contributed by atoms with van der Waals surface area (Å²) in [7, 11) is 0. The van der Waals surface area contributed by atoms with Gasteiger partial charge >= 0.3 is 0 Å². The first-order valence-corrected chi connectivity index (χ1v) is 7.30. The number of rotatable bonds is 4. The molecule has 0 radical (unpaired) electrons. The minimum atomic E-state index is -0.298. The first-order valence-electron chi connectivity index (χ1n) is 6.93. The quantitative estimate of drug-likeness (QED) is 0.757. The van der Waals surface area contributed by atoms with E-state index in [0.717, 1.165) is 5.69 Å². The molecule has 5 nitrogen and oxygen atoms in total. The predicted octanol–water partition coefficient (Wildman–Crippen LogP) is 4.13. The van der Waals surface area contributed by atoms with Crippen LogP contribution in [0.3, 0.4) is 0 Å². The van der Waals surface area contributed by atoms with Gasteiger partial charge in [0.1, 0.15) is 5.69 Å². The summed E-state index contributed by atoms with van der Waals surface area (Å²) in [6.07, 6.45) is 1.53. The van der Waals surface area contributed by atoms with E-state index in [0.29, 0.717) is 16.7 Å². The third-order valence-electron chi connectivity index (χ3n) is 3.00. The molecular weight excluding hydrogens is 312 g/mol. The minimum Gasteiger partial charge on any atom is -0.324 e. The van der Waals surface area contributed by atoms with Gasteiger partial charge in [0, 0.05) is 22.6 Å². The van der Waals surface area contributed by atoms with Gasteiger partial charge in [0.25, 0.3) is 5.91 Å². The van der Waals surface area contributed by atoms with Crippen LogP contribution in [0.2, 0.25) is 5.02 Å². The molecule has 0 spiro atoms. The van der Waals surface area contributed by atoms with Crippen LogP contribution in [0.25, 0.3) is 0 Å². The summed E-state index contributed by atoms with van der Waals surface area (Å²) in [6.45, 7) is 0. The van der Waals surface area contributed by atoms with E-state index in [1.807, 2.05) is 42.5 Å². The van der Waals surface area contributed by atoms with Gasteiger partial charge in [-0.15, -0.1) is 0 Å². The Balaban J connectivity index is 1.75. The summed E-state index contributed by atoms with van der Waals surface area (Å²) in [6, 6.07) is 17.9. The van der Waals surface area contributed by atoms with Crippen molar-refractivity contribution >= 4 is 34.8 Å². The Morgan fingerprint density at radius 1 is 0.957 bits per heavy atom. The monoisotopic (exact) mass is 324 g/mol. The number of para-hydroxylation sites is 1. The molecule has 1 heterocycles. The Kier molecular flexibility index (Phi) is 4.49. The molecule has 2 aromatic carbocycles. The molecule has 0 aliphatic carbocycles. The number of carbonyl (C=O) groups excluding carboxylic acids is 1. The highest BCUT2D eigenvalue weighted by molar-refractivity contribution is 6.30. The van der Waals surface area contributed by atoms with Crippen LogP contribution in [0.5, 0.6) is 0 Å². The SMILES string of the molecule is O=C(Nc1ccccc1)c1ccnc(Nc2cccc(Cl)c2)n1. The topological polar surface area (TPSA) is 66.9 Å². The van der Waals surface area contributed by atoms with Crippen molar-refractivity contribution in [1.82, 2.24) is 9.97 Å². The fourth-order valence-electron chi connectivity index (χ4n) is 1.96. The highest BCUT2D eigenvalue weighted by atomic mass is 35.5. The molecule has 0 bridgehead atoms. The summed E-state index contributed by atoms with van der Waals surface area (Å²) >= 11 is 5.94. The van der Waals surface area contributed by atoms with Crippen molar-refractivity contribution < 1.29 is 4.79 Å². The fourth-order valence-corrected chi connectivity index (χ4v) is 2.15. The third-order valence-corrected chi connectivity index (χ3v) is 3.24. The van der Waals surface area contributed by atoms with E-state index in [2.05, 4.69) is 20.6 Å². The smallest absolute Gasteiger partial charge is 0.274 e. The molecule has 2 N–H and O–H groups in total. The highest BCUT2D eigenvalue weighted by Crippen LogP contribution is 2.18. The second-order valence-electron chi connectivity index (χ2n) is 4.72. The van der Waals surface area contributed by atoms with Gasteiger partial charge in [-0.2, -0.15) is 0 Å². The van der Waals surface area contributed by atoms with Crippen LogP contribution >= 0.6 is 11.6 Å². The predicted molar refractivity (Wildman–Crippen MR) is 91.2 cm³/mol. The maximum absolute atomic E-state index is 12.2. The molecule has 3 rings (SSSR count). The van der Waals surface area contributed by atoms with E-state index >= 15 is 0 Å². The number of nitrogens with one attached hydrogen (secondary N) is 2.